The number of thiophene rings is 1. The van der Waals surface area contributed by atoms with E-state index in [1.54, 1.807) is 11.3 Å². The third kappa shape index (κ3) is 3.23. The van der Waals surface area contributed by atoms with E-state index in [9.17, 15) is 5.11 Å². The SMILES string of the molecule is N=C1C(c2nc(-c3cccs3)cs2)=C(O)CN1CCc1ccccc1. The summed E-state index contributed by atoms with van der Waals surface area (Å²) in [5, 5.41) is 23.6. The summed E-state index contributed by atoms with van der Waals surface area (Å²) in [6, 6.07) is 14.2. The molecule has 2 N–H and O–H groups in total. The largest absolute Gasteiger partial charge is 0.510 e. The Morgan fingerprint density at radius 1 is 1.12 bits per heavy atom. The minimum absolute atomic E-state index is 0.241. The van der Waals surface area contributed by atoms with Gasteiger partial charge in [-0.3, -0.25) is 5.41 Å². The number of hydrogen-bond donors (Lipinski definition) is 2. The van der Waals surface area contributed by atoms with Crippen molar-refractivity contribution in [3.63, 3.8) is 0 Å². The molecular formula is C19H17N3OS2. The molecular weight excluding hydrogens is 350 g/mol. The van der Waals surface area contributed by atoms with E-state index in [4.69, 9.17) is 5.41 Å². The number of thiazole rings is 1. The third-order valence-corrected chi connectivity index (χ3v) is 5.94. The van der Waals surface area contributed by atoms with E-state index in [2.05, 4.69) is 17.1 Å². The monoisotopic (exact) mass is 367 g/mol. The number of aromatic nitrogens is 1. The molecule has 0 saturated carbocycles. The van der Waals surface area contributed by atoms with Crippen LogP contribution >= 0.6 is 22.7 Å². The minimum Gasteiger partial charge on any atom is -0.510 e. The number of rotatable bonds is 5. The smallest absolute Gasteiger partial charge is 0.135 e. The summed E-state index contributed by atoms with van der Waals surface area (Å²) >= 11 is 3.12. The lowest BCUT2D eigenvalue weighted by Gasteiger charge is -2.18. The summed E-state index contributed by atoms with van der Waals surface area (Å²) in [5.74, 6) is 0.602. The average Bonchev–Trinajstić information content (AvgIpc) is 3.34. The summed E-state index contributed by atoms with van der Waals surface area (Å²) in [5.41, 5.74) is 2.71. The van der Waals surface area contributed by atoms with Crippen molar-refractivity contribution in [3.05, 3.63) is 69.6 Å². The van der Waals surface area contributed by atoms with Gasteiger partial charge in [-0.1, -0.05) is 36.4 Å². The van der Waals surface area contributed by atoms with E-state index < -0.39 is 0 Å². The molecule has 0 amide bonds. The molecule has 6 heteroatoms. The summed E-state index contributed by atoms with van der Waals surface area (Å²) in [6.07, 6.45) is 0.849. The maximum Gasteiger partial charge on any atom is 0.135 e. The molecule has 0 aliphatic carbocycles. The van der Waals surface area contributed by atoms with Crippen LogP contribution in [-0.2, 0) is 6.42 Å². The first-order valence-corrected chi connectivity index (χ1v) is 9.78. The Morgan fingerprint density at radius 3 is 2.72 bits per heavy atom. The van der Waals surface area contributed by atoms with Crippen molar-refractivity contribution in [2.45, 2.75) is 6.42 Å². The zero-order valence-corrected chi connectivity index (χ0v) is 15.1. The summed E-state index contributed by atoms with van der Waals surface area (Å²) in [7, 11) is 0. The van der Waals surface area contributed by atoms with E-state index in [1.165, 1.54) is 16.9 Å². The Balaban J connectivity index is 1.49. The Kier molecular flexibility index (Phi) is 4.38. The molecule has 1 aliphatic heterocycles. The second-order valence-electron chi connectivity index (χ2n) is 5.84. The zero-order chi connectivity index (χ0) is 17.2. The second-order valence-corrected chi connectivity index (χ2v) is 7.65. The lowest BCUT2D eigenvalue weighted by atomic mass is 10.1. The summed E-state index contributed by atoms with van der Waals surface area (Å²) in [6.45, 7) is 1.09. The van der Waals surface area contributed by atoms with Crippen molar-refractivity contribution in [1.82, 2.24) is 9.88 Å². The standard InChI is InChI=1S/C19H17N3OS2/c20-18-17(19-21-14(12-25-19)16-7-4-10-24-16)15(23)11-22(18)9-8-13-5-2-1-3-6-13/h1-7,10,12,20,23H,8-9,11H2. The number of aliphatic hydroxyl groups is 1. The maximum atomic E-state index is 10.4. The van der Waals surface area contributed by atoms with Crippen LogP contribution in [0.5, 0.6) is 0 Å². The fourth-order valence-electron chi connectivity index (χ4n) is 2.88. The Morgan fingerprint density at radius 2 is 1.96 bits per heavy atom. The van der Waals surface area contributed by atoms with Crippen molar-refractivity contribution in [3.8, 4) is 10.6 Å². The Bertz CT molecular complexity index is 913. The van der Waals surface area contributed by atoms with E-state index in [-0.39, 0.29) is 5.76 Å². The Hall–Kier alpha value is -2.44. The minimum atomic E-state index is 0.241. The lowest BCUT2D eigenvalue weighted by Crippen LogP contribution is -2.28. The lowest BCUT2D eigenvalue weighted by molar-refractivity contribution is 0.351. The van der Waals surface area contributed by atoms with Gasteiger partial charge in [0, 0.05) is 11.9 Å². The topological polar surface area (TPSA) is 60.2 Å². The Labute approximate surface area is 154 Å². The van der Waals surface area contributed by atoms with Gasteiger partial charge in [0.05, 0.1) is 22.7 Å². The van der Waals surface area contributed by atoms with E-state index in [1.807, 2.05) is 46.0 Å². The molecule has 0 bridgehead atoms. The van der Waals surface area contributed by atoms with Gasteiger partial charge >= 0.3 is 0 Å². The number of aliphatic hydroxyl groups excluding tert-OH is 1. The van der Waals surface area contributed by atoms with Crippen LogP contribution in [0.1, 0.15) is 10.6 Å². The predicted octanol–water partition coefficient (Wildman–Crippen LogP) is 4.68. The molecule has 0 radical (unpaired) electrons. The molecule has 0 atom stereocenters. The highest BCUT2D eigenvalue weighted by Crippen LogP contribution is 2.33. The van der Waals surface area contributed by atoms with Crippen molar-refractivity contribution in [2.24, 2.45) is 0 Å². The normalized spacial score (nSPS) is 14.6. The van der Waals surface area contributed by atoms with Crippen LogP contribution < -0.4 is 0 Å². The molecule has 25 heavy (non-hydrogen) atoms. The first kappa shape index (κ1) is 16.1. The average molecular weight is 367 g/mol. The molecule has 0 fully saturated rings. The van der Waals surface area contributed by atoms with Gasteiger partial charge in [-0.2, -0.15) is 0 Å². The molecule has 3 heterocycles. The van der Waals surface area contributed by atoms with Crippen LogP contribution in [0.4, 0.5) is 0 Å². The van der Waals surface area contributed by atoms with Gasteiger partial charge in [-0.25, -0.2) is 4.98 Å². The maximum absolute atomic E-state index is 10.4. The molecule has 0 unspecified atom stereocenters. The van der Waals surface area contributed by atoms with Crippen LogP contribution in [0.25, 0.3) is 16.1 Å². The van der Waals surface area contributed by atoms with Crippen LogP contribution in [0.2, 0.25) is 0 Å². The molecule has 1 aromatic carbocycles. The molecule has 3 aromatic rings. The third-order valence-electron chi connectivity index (χ3n) is 4.19. The highest BCUT2D eigenvalue weighted by molar-refractivity contribution is 7.14. The van der Waals surface area contributed by atoms with Crippen LogP contribution in [0.15, 0.2) is 59.0 Å². The van der Waals surface area contributed by atoms with Gasteiger partial charge in [0.2, 0.25) is 0 Å². The number of nitrogens with zero attached hydrogens (tertiary/aromatic N) is 2. The number of benzene rings is 1. The summed E-state index contributed by atoms with van der Waals surface area (Å²) < 4.78 is 0. The highest BCUT2D eigenvalue weighted by atomic mass is 32.1. The van der Waals surface area contributed by atoms with Gasteiger partial charge in [0.15, 0.2) is 0 Å². The number of amidine groups is 1. The van der Waals surface area contributed by atoms with Crippen molar-refractivity contribution >= 4 is 34.1 Å². The first-order valence-electron chi connectivity index (χ1n) is 8.02. The number of nitrogens with one attached hydrogen (secondary N) is 1. The zero-order valence-electron chi connectivity index (χ0n) is 13.5. The van der Waals surface area contributed by atoms with Crippen LogP contribution in [-0.4, -0.2) is 33.9 Å². The fraction of sp³-hybridized carbons (Fsp3) is 0.158. The molecule has 2 aromatic heterocycles. The van der Waals surface area contributed by atoms with Crippen LogP contribution in [0, 0.1) is 5.41 Å². The first-order chi connectivity index (χ1) is 12.2. The van der Waals surface area contributed by atoms with Gasteiger partial charge in [-0.15, -0.1) is 22.7 Å². The van der Waals surface area contributed by atoms with Gasteiger partial charge < -0.3 is 10.0 Å². The summed E-state index contributed by atoms with van der Waals surface area (Å²) in [4.78, 5) is 7.64. The van der Waals surface area contributed by atoms with E-state index in [0.29, 0.717) is 29.5 Å². The predicted molar refractivity (Wildman–Crippen MR) is 104 cm³/mol. The molecule has 1 aliphatic rings. The van der Waals surface area contributed by atoms with Gasteiger partial charge in [0.1, 0.15) is 16.6 Å². The fourth-order valence-corrected chi connectivity index (χ4v) is 4.53. The van der Waals surface area contributed by atoms with Gasteiger partial charge in [0.25, 0.3) is 0 Å². The highest BCUT2D eigenvalue weighted by Gasteiger charge is 2.30. The van der Waals surface area contributed by atoms with Crippen LogP contribution in [0.3, 0.4) is 0 Å². The van der Waals surface area contributed by atoms with Crippen molar-refractivity contribution in [2.75, 3.05) is 13.1 Å². The van der Waals surface area contributed by atoms with Gasteiger partial charge in [-0.05, 0) is 23.4 Å². The molecule has 0 spiro atoms. The molecule has 126 valence electrons. The van der Waals surface area contributed by atoms with E-state index in [0.717, 1.165) is 17.0 Å². The second kappa shape index (κ2) is 6.82. The number of hydrogen-bond acceptors (Lipinski definition) is 5. The molecule has 4 rings (SSSR count). The quantitative estimate of drug-likeness (QED) is 0.688. The van der Waals surface area contributed by atoms with Crippen molar-refractivity contribution in [1.29, 1.82) is 5.41 Å². The van der Waals surface area contributed by atoms with E-state index >= 15 is 0 Å². The molecule has 0 saturated heterocycles. The molecule has 4 nitrogen and oxygen atoms in total. The van der Waals surface area contributed by atoms with Crippen molar-refractivity contribution < 1.29 is 5.11 Å².